The van der Waals surface area contributed by atoms with Gasteiger partial charge in [0.05, 0.1) is 5.56 Å². The summed E-state index contributed by atoms with van der Waals surface area (Å²) >= 11 is 5.56. The van der Waals surface area contributed by atoms with Crippen LogP contribution in [0, 0.1) is 0 Å². The fraction of sp³-hybridized carbons (Fsp3) is 0.455. The van der Waals surface area contributed by atoms with Gasteiger partial charge < -0.3 is 5.73 Å². The van der Waals surface area contributed by atoms with Gasteiger partial charge in [-0.25, -0.2) is 0 Å². The highest BCUT2D eigenvalue weighted by Crippen LogP contribution is 2.34. The first-order valence-corrected chi connectivity index (χ1v) is 5.29. The van der Waals surface area contributed by atoms with Crippen LogP contribution < -0.4 is 5.73 Å². The van der Waals surface area contributed by atoms with Crippen molar-refractivity contribution in [2.75, 3.05) is 0 Å². The van der Waals surface area contributed by atoms with Crippen LogP contribution in [0.2, 0.25) is 5.02 Å². The topological polar surface area (TPSA) is 26.0 Å². The Hall–Kier alpha value is -0.740. The predicted molar refractivity (Wildman–Crippen MR) is 58.4 cm³/mol. The molecule has 0 saturated carbocycles. The number of alkyl halides is 3. The minimum Gasteiger partial charge on any atom is -0.328 e. The van der Waals surface area contributed by atoms with Gasteiger partial charge in [-0.2, -0.15) is 13.2 Å². The zero-order valence-corrected chi connectivity index (χ0v) is 9.57. The van der Waals surface area contributed by atoms with Crippen LogP contribution in [0.3, 0.4) is 0 Å². The summed E-state index contributed by atoms with van der Waals surface area (Å²) in [5.74, 6) is 0. The molecule has 0 amide bonds. The summed E-state index contributed by atoms with van der Waals surface area (Å²) in [6.45, 7) is 1.77. The van der Waals surface area contributed by atoms with Gasteiger partial charge in [0.1, 0.15) is 0 Å². The summed E-state index contributed by atoms with van der Waals surface area (Å²) < 4.78 is 38.0. The van der Waals surface area contributed by atoms with Gasteiger partial charge in [0, 0.05) is 11.1 Å². The molecule has 0 radical (unpaired) electrons. The first-order chi connectivity index (χ1) is 7.30. The van der Waals surface area contributed by atoms with E-state index in [1.165, 1.54) is 12.1 Å². The SMILES string of the molecule is C[C@H](N)CCc1ccc(Cl)cc1C(F)(F)F. The second-order valence-electron chi connectivity index (χ2n) is 3.82. The van der Waals surface area contributed by atoms with Gasteiger partial charge in [-0.1, -0.05) is 17.7 Å². The lowest BCUT2D eigenvalue weighted by Gasteiger charge is -2.14. The van der Waals surface area contributed by atoms with E-state index in [2.05, 4.69) is 0 Å². The monoisotopic (exact) mass is 251 g/mol. The maximum absolute atomic E-state index is 12.7. The normalized spacial score (nSPS) is 13.9. The summed E-state index contributed by atoms with van der Waals surface area (Å²) in [4.78, 5) is 0. The number of hydrogen-bond donors (Lipinski definition) is 1. The molecular formula is C11H13ClF3N. The van der Waals surface area contributed by atoms with Gasteiger partial charge in [-0.3, -0.25) is 0 Å². The Morgan fingerprint density at radius 1 is 1.38 bits per heavy atom. The number of nitrogens with two attached hydrogens (primary N) is 1. The second-order valence-corrected chi connectivity index (χ2v) is 4.25. The van der Waals surface area contributed by atoms with Crippen LogP contribution in [-0.4, -0.2) is 6.04 Å². The molecule has 1 rings (SSSR count). The van der Waals surface area contributed by atoms with Gasteiger partial charge in [0.2, 0.25) is 0 Å². The Labute approximate surface area is 97.4 Å². The minimum atomic E-state index is -4.36. The van der Waals surface area contributed by atoms with E-state index in [0.29, 0.717) is 12.8 Å². The largest absolute Gasteiger partial charge is 0.416 e. The standard InChI is InChI=1S/C11H13ClF3N/c1-7(16)2-3-8-4-5-9(12)6-10(8)11(13,14)15/h4-7H,2-3,16H2,1H3/t7-/m0/s1. The summed E-state index contributed by atoms with van der Waals surface area (Å²) in [6, 6.07) is 3.72. The van der Waals surface area contributed by atoms with Gasteiger partial charge >= 0.3 is 6.18 Å². The molecule has 0 aliphatic heterocycles. The van der Waals surface area contributed by atoms with Gasteiger partial charge in [0.25, 0.3) is 0 Å². The van der Waals surface area contributed by atoms with Crippen LogP contribution in [0.5, 0.6) is 0 Å². The quantitative estimate of drug-likeness (QED) is 0.872. The van der Waals surface area contributed by atoms with Crippen LogP contribution in [0.25, 0.3) is 0 Å². The highest BCUT2D eigenvalue weighted by atomic mass is 35.5. The van der Waals surface area contributed by atoms with Crippen LogP contribution >= 0.6 is 11.6 Å². The Morgan fingerprint density at radius 2 is 2.00 bits per heavy atom. The van der Waals surface area contributed by atoms with E-state index in [-0.39, 0.29) is 16.6 Å². The maximum atomic E-state index is 12.7. The van der Waals surface area contributed by atoms with Crippen molar-refractivity contribution in [1.29, 1.82) is 0 Å². The molecular weight excluding hydrogens is 239 g/mol. The molecule has 1 atom stereocenters. The van der Waals surface area contributed by atoms with E-state index in [1.807, 2.05) is 0 Å². The average molecular weight is 252 g/mol. The lowest BCUT2D eigenvalue weighted by atomic mass is 10.0. The molecule has 0 unspecified atom stereocenters. The summed E-state index contributed by atoms with van der Waals surface area (Å²) in [5.41, 5.74) is 5.10. The molecule has 0 saturated heterocycles. The highest BCUT2D eigenvalue weighted by molar-refractivity contribution is 6.30. The van der Waals surface area contributed by atoms with E-state index in [0.717, 1.165) is 6.07 Å². The molecule has 5 heteroatoms. The van der Waals surface area contributed by atoms with Gasteiger partial charge in [0.15, 0.2) is 0 Å². The van der Waals surface area contributed by atoms with Crippen LogP contribution in [0.15, 0.2) is 18.2 Å². The summed E-state index contributed by atoms with van der Waals surface area (Å²) in [5, 5.41) is 0.0943. The zero-order chi connectivity index (χ0) is 12.3. The molecule has 16 heavy (non-hydrogen) atoms. The molecule has 1 aromatic rings. The molecule has 0 heterocycles. The van der Waals surface area contributed by atoms with Crippen LogP contribution in [0.4, 0.5) is 13.2 Å². The Morgan fingerprint density at radius 3 is 2.50 bits per heavy atom. The fourth-order valence-electron chi connectivity index (χ4n) is 1.41. The lowest BCUT2D eigenvalue weighted by Crippen LogP contribution is -2.17. The summed E-state index contributed by atoms with van der Waals surface area (Å²) in [6.07, 6.45) is -3.54. The Bertz CT molecular complexity index is 361. The molecule has 1 aromatic carbocycles. The van der Waals surface area contributed by atoms with Crippen LogP contribution in [-0.2, 0) is 12.6 Å². The van der Waals surface area contributed by atoms with Crippen molar-refractivity contribution in [2.24, 2.45) is 5.73 Å². The third kappa shape index (κ3) is 3.68. The third-order valence-electron chi connectivity index (χ3n) is 2.25. The van der Waals surface area contributed by atoms with E-state index in [9.17, 15) is 13.2 Å². The second kappa shape index (κ2) is 5.06. The molecule has 0 spiro atoms. The molecule has 0 bridgehead atoms. The number of halogens is 4. The van der Waals surface area contributed by atoms with Gasteiger partial charge in [-0.15, -0.1) is 0 Å². The van der Waals surface area contributed by atoms with Crippen molar-refractivity contribution >= 4 is 11.6 Å². The maximum Gasteiger partial charge on any atom is 0.416 e. The fourth-order valence-corrected chi connectivity index (χ4v) is 1.59. The van der Waals surface area contributed by atoms with Crippen molar-refractivity contribution in [3.63, 3.8) is 0 Å². The van der Waals surface area contributed by atoms with E-state index in [4.69, 9.17) is 17.3 Å². The number of hydrogen-bond acceptors (Lipinski definition) is 1. The molecule has 0 aliphatic rings. The molecule has 0 fully saturated rings. The van der Waals surface area contributed by atoms with Gasteiger partial charge in [-0.05, 0) is 37.5 Å². The molecule has 0 aliphatic carbocycles. The molecule has 90 valence electrons. The third-order valence-corrected chi connectivity index (χ3v) is 2.48. The smallest absolute Gasteiger partial charge is 0.328 e. The van der Waals surface area contributed by atoms with Crippen molar-refractivity contribution in [3.8, 4) is 0 Å². The van der Waals surface area contributed by atoms with Crippen molar-refractivity contribution < 1.29 is 13.2 Å². The minimum absolute atomic E-state index is 0.0943. The van der Waals surface area contributed by atoms with E-state index < -0.39 is 11.7 Å². The lowest BCUT2D eigenvalue weighted by molar-refractivity contribution is -0.138. The molecule has 0 aromatic heterocycles. The number of benzene rings is 1. The number of rotatable bonds is 3. The Balaban J connectivity index is 2.99. The average Bonchev–Trinajstić information content (AvgIpc) is 2.14. The van der Waals surface area contributed by atoms with Crippen molar-refractivity contribution in [3.05, 3.63) is 34.3 Å². The zero-order valence-electron chi connectivity index (χ0n) is 8.81. The summed E-state index contributed by atoms with van der Waals surface area (Å²) in [7, 11) is 0. The first-order valence-electron chi connectivity index (χ1n) is 4.92. The highest BCUT2D eigenvalue weighted by Gasteiger charge is 2.33. The predicted octanol–water partition coefficient (Wildman–Crippen LogP) is 3.64. The molecule has 2 N–H and O–H groups in total. The molecule has 1 nitrogen and oxygen atoms in total. The van der Waals surface area contributed by atoms with Crippen molar-refractivity contribution in [1.82, 2.24) is 0 Å². The number of aryl methyl sites for hydroxylation is 1. The van der Waals surface area contributed by atoms with E-state index >= 15 is 0 Å². The van der Waals surface area contributed by atoms with E-state index in [1.54, 1.807) is 6.92 Å². The van der Waals surface area contributed by atoms with Crippen molar-refractivity contribution in [2.45, 2.75) is 32.0 Å². The van der Waals surface area contributed by atoms with Crippen LogP contribution in [0.1, 0.15) is 24.5 Å². The first kappa shape index (κ1) is 13.3. The Kier molecular flexibility index (Phi) is 4.21.